The molecule has 1 amide bonds. The average Bonchev–Trinajstić information content (AvgIpc) is 2.64. The minimum atomic E-state index is -3.52. The van der Waals surface area contributed by atoms with Crippen LogP contribution in [0.2, 0.25) is 0 Å². The maximum atomic E-state index is 11.7. The number of sulfone groups is 1. The van der Waals surface area contributed by atoms with Gasteiger partial charge in [-0.05, 0) is 12.8 Å². The molecule has 1 aliphatic rings. The molecule has 1 heterocycles. The Bertz CT molecular complexity index is 428. The number of carbonyl (C=O) groups excluding carboxylic acids is 1. The third kappa shape index (κ3) is 3.55. The first-order valence-corrected chi connectivity index (χ1v) is 7.03. The number of amides is 1. The Labute approximate surface area is 99.8 Å². The predicted molar refractivity (Wildman–Crippen MR) is 61.2 cm³/mol. The number of carboxylic acids is 1. The van der Waals surface area contributed by atoms with Crippen molar-refractivity contribution in [3.63, 3.8) is 0 Å². The van der Waals surface area contributed by atoms with Crippen molar-refractivity contribution in [1.29, 1.82) is 0 Å². The molecule has 0 bridgehead atoms. The molecular weight excluding hydrogens is 246 g/mol. The molecule has 0 aromatic heterocycles. The Morgan fingerprint density at radius 3 is 2.65 bits per heavy atom. The van der Waals surface area contributed by atoms with Crippen molar-refractivity contribution in [3.8, 4) is 0 Å². The Balaban J connectivity index is 2.71. The minimum Gasteiger partial charge on any atom is -0.480 e. The van der Waals surface area contributed by atoms with Gasteiger partial charge < -0.3 is 10.0 Å². The maximum absolute atomic E-state index is 11.7. The van der Waals surface area contributed by atoms with Gasteiger partial charge in [0, 0.05) is 6.54 Å². The van der Waals surface area contributed by atoms with Gasteiger partial charge in [0.1, 0.15) is 11.8 Å². The van der Waals surface area contributed by atoms with Crippen LogP contribution in [0.15, 0.2) is 12.7 Å². The number of nitrogens with zero attached hydrogens (tertiary/aromatic N) is 1. The Morgan fingerprint density at radius 2 is 2.12 bits per heavy atom. The van der Waals surface area contributed by atoms with Crippen molar-refractivity contribution in [2.24, 2.45) is 0 Å². The van der Waals surface area contributed by atoms with Crippen LogP contribution in [0.25, 0.3) is 0 Å². The standard InChI is InChI=1S/C10H15NO5S/c1-2-6-17(15,16)7-9(12)11-5-3-4-8(11)10(13)14/h2,8H,1,3-7H2,(H,13,14). The number of hydrogen-bond donors (Lipinski definition) is 1. The van der Waals surface area contributed by atoms with Crippen molar-refractivity contribution in [2.75, 3.05) is 18.1 Å². The van der Waals surface area contributed by atoms with Crippen LogP contribution >= 0.6 is 0 Å². The van der Waals surface area contributed by atoms with Gasteiger partial charge in [-0.3, -0.25) is 4.79 Å². The highest BCUT2D eigenvalue weighted by Gasteiger charge is 2.35. The summed E-state index contributed by atoms with van der Waals surface area (Å²) in [6.07, 6.45) is 2.17. The Morgan fingerprint density at radius 1 is 1.47 bits per heavy atom. The molecule has 0 saturated carbocycles. The van der Waals surface area contributed by atoms with Crippen molar-refractivity contribution in [1.82, 2.24) is 4.90 Å². The summed E-state index contributed by atoms with van der Waals surface area (Å²) in [6.45, 7) is 3.60. The van der Waals surface area contributed by atoms with E-state index >= 15 is 0 Å². The van der Waals surface area contributed by atoms with Crippen LogP contribution in [0.3, 0.4) is 0 Å². The number of hydrogen-bond acceptors (Lipinski definition) is 4. The van der Waals surface area contributed by atoms with Gasteiger partial charge in [0.05, 0.1) is 5.75 Å². The number of likely N-dealkylation sites (tertiary alicyclic amines) is 1. The second kappa shape index (κ2) is 5.31. The summed E-state index contributed by atoms with van der Waals surface area (Å²) in [5.41, 5.74) is 0. The summed E-state index contributed by atoms with van der Waals surface area (Å²) in [5, 5.41) is 8.87. The predicted octanol–water partition coefficient (Wildman–Crippen LogP) is -0.337. The number of aliphatic carboxylic acids is 1. The van der Waals surface area contributed by atoms with Crippen molar-refractivity contribution in [3.05, 3.63) is 12.7 Å². The van der Waals surface area contributed by atoms with Crippen molar-refractivity contribution >= 4 is 21.7 Å². The van der Waals surface area contributed by atoms with Crippen LogP contribution in [0.5, 0.6) is 0 Å². The molecule has 1 saturated heterocycles. The van der Waals surface area contributed by atoms with E-state index in [4.69, 9.17) is 5.11 Å². The molecule has 1 rings (SSSR count). The van der Waals surface area contributed by atoms with Gasteiger partial charge in [-0.25, -0.2) is 13.2 Å². The van der Waals surface area contributed by atoms with Crippen LogP contribution in [0.4, 0.5) is 0 Å². The van der Waals surface area contributed by atoms with Gasteiger partial charge in [0.25, 0.3) is 0 Å². The lowest BCUT2D eigenvalue weighted by Gasteiger charge is -2.21. The van der Waals surface area contributed by atoms with Gasteiger partial charge in [-0.15, -0.1) is 6.58 Å². The van der Waals surface area contributed by atoms with E-state index in [9.17, 15) is 18.0 Å². The normalized spacial score (nSPS) is 20.2. The zero-order valence-corrected chi connectivity index (χ0v) is 10.1. The molecule has 1 unspecified atom stereocenters. The van der Waals surface area contributed by atoms with Crippen molar-refractivity contribution < 1.29 is 23.1 Å². The SMILES string of the molecule is C=CCS(=O)(=O)CC(=O)N1CCCC1C(=O)O. The topological polar surface area (TPSA) is 91.8 Å². The van der Waals surface area contributed by atoms with E-state index in [1.54, 1.807) is 0 Å². The molecule has 1 fully saturated rings. The fraction of sp³-hybridized carbons (Fsp3) is 0.600. The summed E-state index contributed by atoms with van der Waals surface area (Å²) < 4.78 is 22.8. The first kappa shape index (κ1) is 13.7. The number of rotatable bonds is 5. The highest BCUT2D eigenvalue weighted by Crippen LogP contribution is 2.17. The molecule has 0 aromatic carbocycles. The molecule has 7 heteroatoms. The van der Waals surface area contributed by atoms with E-state index in [0.717, 1.165) is 4.90 Å². The molecule has 1 N–H and O–H groups in total. The first-order chi connectivity index (χ1) is 7.87. The fourth-order valence-corrected chi connectivity index (χ4v) is 2.85. The van der Waals surface area contributed by atoms with Crippen molar-refractivity contribution in [2.45, 2.75) is 18.9 Å². The monoisotopic (exact) mass is 261 g/mol. The van der Waals surface area contributed by atoms with Gasteiger partial charge in [0.2, 0.25) is 5.91 Å². The summed E-state index contributed by atoms with van der Waals surface area (Å²) in [5.74, 6) is -2.65. The van der Waals surface area contributed by atoms with Gasteiger partial charge in [-0.1, -0.05) is 6.08 Å². The maximum Gasteiger partial charge on any atom is 0.326 e. The quantitative estimate of drug-likeness (QED) is 0.684. The van der Waals surface area contributed by atoms with Gasteiger partial charge in [-0.2, -0.15) is 0 Å². The lowest BCUT2D eigenvalue weighted by Crippen LogP contribution is -2.43. The number of carboxylic acid groups (broad SMARTS) is 1. The third-order valence-corrected chi connectivity index (χ3v) is 4.00. The molecule has 17 heavy (non-hydrogen) atoms. The molecule has 6 nitrogen and oxygen atoms in total. The lowest BCUT2D eigenvalue weighted by molar-refractivity contribution is -0.147. The zero-order chi connectivity index (χ0) is 13.1. The van der Waals surface area contributed by atoms with Crippen LogP contribution in [-0.4, -0.2) is 54.4 Å². The lowest BCUT2D eigenvalue weighted by atomic mass is 10.2. The van der Waals surface area contributed by atoms with Crippen LogP contribution < -0.4 is 0 Å². The van der Waals surface area contributed by atoms with E-state index < -0.39 is 33.5 Å². The Hall–Kier alpha value is -1.37. The summed E-state index contributed by atoms with van der Waals surface area (Å²) >= 11 is 0. The second-order valence-electron chi connectivity index (χ2n) is 3.93. The largest absolute Gasteiger partial charge is 0.480 e. The summed E-state index contributed by atoms with van der Waals surface area (Å²) in [7, 11) is -3.52. The van der Waals surface area contributed by atoms with Crippen LogP contribution in [0, 0.1) is 0 Å². The Kier molecular flexibility index (Phi) is 4.28. The molecule has 96 valence electrons. The van der Waals surface area contributed by atoms with E-state index in [0.29, 0.717) is 19.4 Å². The van der Waals surface area contributed by atoms with Crippen LogP contribution in [-0.2, 0) is 19.4 Å². The fourth-order valence-electron chi connectivity index (χ4n) is 1.83. The van der Waals surface area contributed by atoms with Gasteiger partial charge >= 0.3 is 5.97 Å². The molecule has 1 aliphatic heterocycles. The average molecular weight is 261 g/mol. The number of carbonyl (C=O) groups is 2. The smallest absolute Gasteiger partial charge is 0.326 e. The molecule has 0 radical (unpaired) electrons. The second-order valence-corrected chi connectivity index (χ2v) is 6.04. The molecule has 0 spiro atoms. The highest BCUT2D eigenvalue weighted by molar-refractivity contribution is 7.92. The zero-order valence-electron chi connectivity index (χ0n) is 9.33. The molecule has 0 aliphatic carbocycles. The van der Waals surface area contributed by atoms with E-state index in [-0.39, 0.29) is 5.75 Å². The molecule has 0 aromatic rings. The van der Waals surface area contributed by atoms with E-state index in [1.807, 2.05) is 0 Å². The minimum absolute atomic E-state index is 0.273. The molecule has 1 atom stereocenters. The van der Waals surface area contributed by atoms with Crippen LogP contribution in [0.1, 0.15) is 12.8 Å². The summed E-state index contributed by atoms with van der Waals surface area (Å²) in [6, 6.07) is -0.888. The van der Waals surface area contributed by atoms with Gasteiger partial charge in [0.15, 0.2) is 9.84 Å². The summed E-state index contributed by atoms with van der Waals surface area (Å²) in [4.78, 5) is 23.7. The third-order valence-electron chi connectivity index (χ3n) is 2.57. The van der Waals surface area contributed by atoms with E-state index in [2.05, 4.69) is 6.58 Å². The van der Waals surface area contributed by atoms with E-state index in [1.165, 1.54) is 6.08 Å². The molecular formula is C10H15NO5S. The first-order valence-electron chi connectivity index (χ1n) is 5.21. The highest BCUT2D eigenvalue weighted by atomic mass is 32.2.